The maximum absolute atomic E-state index is 13.2. The van der Waals surface area contributed by atoms with E-state index in [1.807, 2.05) is 0 Å². The van der Waals surface area contributed by atoms with Crippen molar-refractivity contribution in [2.45, 2.75) is 32.0 Å². The van der Waals surface area contributed by atoms with E-state index in [2.05, 4.69) is 0 Å². The minimum atomic E-state index is -4.61. The number of amides is 3. The molecule has 0 aromatic heterocycles. The summed E-state index contributed by atoms with van der Waals surface area (Å²) in [4.78, 5) is 41.5. The van der Waals surface area contributed by atoms with Crippen LogP contribution in [0.4, 0.5) is 13.2 Å². The summed E-state index contributed by atoms with van der Waals surface area (Å²) in [6.07, 6.45) is -3.23. The summed E-state index contributed by atoms with van der Waals surface area (Å²) in [5, 5.41) is 0. The third kappa shape index (κ3) is 3.98. The summed E-state index contributed by atoms with van der Waals surface area (Å²) in [7, 11) is 0. The van der Waals surface area contributed by atoms with Gasteiger partial charge in [0.15, 0.2) is 0 Å². The van der Waals surface area contributed by atoms with Crippen LogP contribution in [0.3, 0.4) is 0 Å². The molecule has 3 rings (SSSR count). The van der Waals surface area contributed by atoms with Crippen molar-refractivity contribution in [3.05, 3.63) is 35.4 Å². The number of carbonyl (C=O) groups is 3. The topological polar surface area (TPSA) is 60.9 Å². The van der Waals surface area contributed by atoms with E-state index in [4.69, 9.17) is 0 Å². The van der Waals surface area contributed by atoms with E-state index in [0.717, 1.165) is 12.5 Å². The molecule has 2 heterocycles. The fourth-order valence-electron chi connectivity index (χ4n) is 3.83. The van der Waals surface area contributed by atoms with E-state index >= 15 is 0 Å². The van der Waals surface area contributed by atoms with Gasteiger partial charge in [-0.3, -0.25) is 14.4 Å². The Morgan fingerprint density at radius 3 is 2.18 bits per heavy atom. The van der Waals surface area contributed by atoms with E-state index in [-0.39, 0.29) is 43.6 Å². The molecule has 28 heavy (non-hydrogen) atoms. The van der Waals surface area contributed by atoms with Crippen molar-refractivity contribution >= 4 is 17.7 Å². The molecule has 1 aromatic carbocycles. The molecule has 2 aliphatic heterocycles. The Bertz CT molecular complexity index is 773. The van der Waals surface area contributed by atoms with Crippen molar-refractivity contribution in [3.63, 3.8) is 0 Å². The molecule has 6 nitrogen and oxygen atoms in total. The fraction of sp³-hybridized carbons (Fsp3) is 0.526. The van der Waals surface area contributed by atoms with E-state index in [1.54, 1.807) is 9.80 Å². The Labute approximate surface area is 160 Å². The molecule has 9 heteroatoms. The van der Waals surface area contributed by atoms with Gasteiger partial charge in [-0.05, 0) is 25.0 Å². The molecular weight excluding hydrogens is 375 g/mol. The molecule has 2 fully saturated rings. The average molecular weight is 397 g/mol. The highest BCUT2D eigenvalue weighted by Crippen LogP contribution is 2.32. The van der Waals surface area contributed by atoms with Crippen molar-refractivity contribution in [2.24, 2.45) is 0 Å². The van der Waals surface area contributed by atoms with Gasteiger partial charge < -0.3 is 14.7 Å². The number of likely N-dealkylation sites (tertiary alicyclic amines) is 1. The van der Waals surface area contributed by atoms with Crippen LogP contribution in [0.1, 0.15) is 35.7 Å². The molecule has 0 aliphatic carbocycles. The number of rotatable bonds is 2. The van der Waals surface area contributed by atoms with Crippen LogP contribution in [0.25, 0.3) is 0 Å². The lowest BCUT2D eigenvalue weighted by atomic mass is 10.1. The normalized spacial score (nSPS) is 20.4. The zero-order valence-corrected chi connectivity index (χ0v) is 15.5. The summed E-state index contributed by atoms with van der Waals surface area (Å²) in [5.41, 5.74) is -1.34. The zero-order valence-electron chi connectivity index (χ0n) is 15.5. The standard InChI is InChI=1S/C19H22F3N3O3/c1-13(26)25-8-4-7-16(25)18(28)24-11-9-23(10-12-24)17(27)14-5-2-3-6-15(14)19(20,21)22/h2-3,5-6,16H,4,7-12H2,1H3/t16-/m0/s1. The predicted octanol–water partition coefficient (Wildman–Crippen LogP) is 2.00. The van der Waals surface area contributed by atoms with Crippen LogP contribution in [-0.2, 0) is 15.8 Å². The Morgan fingerprint density at radius 1 is 0.964 bits per heavy atom. The number of alkyl halides is 3. The SMILES string of the molecule is CC(=O)N1CCC[C@H]1C(=O)N1CCN(C(=O)c2ccccc2C(F)(F)F)CC1. The molecule has 0 radical (unpaired) electrons. The highest BCUT2D eigenvalue weighted by Gasteiger charge is 2.38. The molecule has 1 atom stereocenters. The van der Waals surface area contributed by atoms with Crippen molar-refractivity contribution < 1.29 is 27.6 Å². The predicted molar refractivity (Wildman–Crippen MR) is 94.3 cm³/mol. The van der Waals surface area contributed by atoms with E-state index in [0.29, 0.717) is 13.0 Å². The number of hydrogen-bond acceptors (Lipinski definition) is 3. The molecule has 3 amide bonds. The molecule has 2 aliphatic rings. The molecular formula is C19H22F3N3O3. The summed E-state index contributed by atoms with van der Waals surface area (Å²) < 4.78 is 39.5. The Kier molecular flexibility index (Phi) is 5.62. The van der Waals surface area contributed by atoms with E-state index in [1.165, 1.54) is 30.0 Å². The quantitative estimate of drug-likeness (QED) is 0.767. The molecule has 152 valence electrons. The largest absolute Gasteiger partial charge is 0.417 e. The Hall–Kier alpha value is -2.58. The third-order valence-electron chi connectivity index (χ3n) is 5.28. The van der Waals surface area contributed by atoms with Crippen molar-refractivity contribution in [1.29, 1.82) is 0 Å². The molecule has 2 saturated heterocycles. The second kappa shape index (κ2) is 7.81. The first-order valence-electron chi connectivity index (χ1n) is 9.21. The van der Waals surface area contributed by atoms with Gasteiger partial charge in [-0.25, -0.2) is 0 Å². The maximum Gasteiger partial charge on any atom is 0.417 e. The van der Waals surface area contributed by atoms with Crippen LogP contribution in [0.2, 0.25) is 0 Å². The van der Waals surface area contributed by atoms with Crippen molar-refractivity contribution in [2.75, 3.05) is 32.7 Å². The van der Waals surface area contributed by atoms with Gasteiger partial charge in [-0.2, -0.15) is 13.2 Å². The lowest BCUT2D eigenvalue weighted by Crippen LogP contribution is -2.55. The minimum absolute atomic E-state index is 0.145. The van der Waals surface area contributed by atoms with Crippen molar-refractivity contribution in [3.8, 4) is 0 Å². The van der Waals surface area contributed by atoms with Gasteiger partial charge in [-0.1, -0.05) is 12.1 Å². The summed E-state index contributed by atoms with van der Waals surface area (Å²) in [5.74, 6) is -0.991. The molecule has 0 unspecified atom stereocenters. The van der Waals surface area contributed by atoms with Gasteiger partial charge in [0, 0.05) is 39.6 Å². The van der Waals surface area contributed by atoms with Gasteiger partial charge in [0.25, 0.3) is 5.91 Å². The maximum atomic E-state index is 13.2. The first-order chi connectivity index (χ1) is 13.2. The average Bonchev–Trinajstić information content (AvgIpc) is 3.16. The van der Waals surface area contributed by atoms with Crippen LogP contribution in [0.15, 0.2) is 24.3 Å². The molecule has 0 bridgehead atoms. The molecule has 0 N–H and O–H groups in total. The van der Waals surface area contributed by atoms with Gasteiger partial charge >= 0.3 is 6.18 Å². The van der Waals surface area contributed by atoms with Gasteiger partial charge in [0.1, 0.15) is 6.04 Å². The molecule has 0 saturated carbocycles. The van der Waals surface area contributed by atoms with Gasteiger partial charge in [0.2, 0.25) is 11.8 Å². The van der Waals surface area contributed by atoms with E-state index in [9.17, 15) is 27.6 Å². The second-order valence-corrected chi connectivity index (χ2v) is 7.03. The third-order valence-corrected chi connectivity index (χ3v) is 5.28. The highest BCUT2D eigenvalue weighted by molar-refractivity contribution is 5.96. The van der Waals surface area contributed by atoms with Crippen LogP contribution >= 0.6 is 0 Å². The minimum Gasteiger partial charge on any atom is -0.337 e. The molecule has 1 aromatic rings. The number of nitrogens with zero attached hydrogens (tertiary/aromatic N) is 3. The summed E-state index contributed by atoms with van der Waals surface area (Å²) in [6.45, 7) is 2.77. The lowest BCUT2D eigenvalue weighted by Gasteiger charge is -2.37. The van der Waals surface area contributed by atoms with Crippen LogP contribution in [-0.4, -0.2) is 71.2 Å². The first kappa shape index (κ1) is 20.2. The van der Waals surface area contributed by atoms with E-state index < -0.39 is 23.7 Å². The summed E-state index contributed by atoms with van der Waals surface area (Å²) >= 11 is 0. The molecule has 0 spiro atoms. The van der Waals surface area contributed by atoms with Crippen molar-refractivity contribution in [1.82, 2.24) is 14.7 Å². The van der Waals surface area contributed by atoms with Crippen LogP contribution in [0.5, 0.6) is 0 Å². The smallest absolute Gasteiger partial charge is 0.337 e. The highest BCUT2D eigenvalue weighted by atomic mass is 19.4. The Morgan fingerprint density at radius 2 is 1.57 bits per heavy atom. The lowest BCUT2D eigenvalue weighted by molar-refractivity contribution is -0.143. The van der Waals surface area contributed by atoms with Crippen LogP contribution < -0.4 is 0 Å². The number of hydrogen-bond donors (Lipinski definition) is 0. The monoisotopic (exact) mass is 397 g/mol. The van der Waals surface area contributed by atoms with Gasteiger partial charge in [-0.15, -0.1) is 0 Å². The van der Waals surface area contributed by atoms with Crippen LogP contribution in [0, 0.1) is 0 Å². The first-order valence-corrected chi connectivity index (χ1v) is 9.21. The fourth-order valence-corrected chi connectivity index (χ4v) is 3.83. The number of benzene rings is 1. The summed E-state index contributed by atoms with van der Waals surface area (Å²) in [6, 6.07) is 4.23. The number of halogens is 3. The number of piperazine rings is 1. The zero-order chi connectivity index (χ0) is 20.5. The Balaban J connectivity index is 1.65. The van der Waals surface area contributed by atoms with Gasteiger partial charge in [0.05, 0.1) is 11.1 Å². The second-order valence-electron chi connectivity index (χ2n) is 7.03. The number of carbonyl (C=O) groups excluding carboxylic acids is 3.